The van der Waals surface area contributed by atoms with Crippen LogP contribution in [0, 0.1) is 12.8 Å². The van der Waals surface area contributed by atoms with Gasteiger partial charge in [0.15, 0.2) is 0 Å². The molecule has 1 aliphatic heterocycles. The van der Waals surface area contributed by atoms with Gasteiger partial charge in [-0.25, -0.2) is 4.79 Å². The number of nitrogens with zero attached hydrogens (tertiary/aromatic N) is 3. The van der Waals surface area contributed by atoms with Gasteiger partial charge in [-0.15, -0.1) is 0 Å². The van der Waals surface area contributed by atoms with E-state index in [1.807, 2.05) is 31.2 Å². The Hall–Kier alpha value is -2.90. The topological polar surface area (TPSA) is 114 Å². The van der Waals surface area contributed by atoms with E-state index in [1.165, 1.54) is 0 Å². The molecule has 3 N–H and O–H groups in total. The van der Waals surface area contributed by atoms with Gasteiger partial charge in [0, 0.05) is 25.1 Å². The van der Waals surface area contributed by atoms with E-state index in [1.54, 1.807) is 4.90 Å². The quantitative estimate of drug-likeness (QED) is 0.808. The lowest BCUT2D eigenvalue weighted by atomic mass is 9.93. The van der Waals surface area contributed by atoms with Gasteiger partial charge >= 0.3 is 6.03 Å². The molecule has 0 aliphatic carbocycles. The van der Waals surface area contributed by atoms with Crippen LogP contribution in [0.1, 0.15) is 37.1 Å². The molecule has 1 aromatic carbocycles. The predicted octanol–water partition coefficient (Wildman–Crippen LogP) is 2.23. The van der Waals surface area contributed by atoms with Crippen LogP contribution in [0.4, 0.5) is 4.79 Å². The first-order chi connectivity index (χ1) is 13.0. The van der Waals surface area contributed by atoms with Crippen LogP contribution in [0.2, 0.25) is 0 Å². The Bertz CT molecular complexity index is 804. The molecular formula is C19H25N5O3. The number of rotatable bonds is 6. The van der Waals surface area contributed by atoms with Gasteiger partial charge in [0.2, 0.25) is 17.6 Å². The van der Waals surface area contributed by atoms with Crippen molar-refractivity contribution in [2.45, 2.75) is 39.2 Å². The van der Waals surface area contributed by atoms with Gasteiger partial charge in [-0.2, -0.15) is 4.98 Å². The molecule has 1 fully saturated rings. The molecule has 1 saturated heterocycles. The highest BCUT2D eigenvalue weighted by atomic mass is 16.5. The molecule has 0 radical (unpaired) electrons. The first-order valence-electron chi connectivity index (χ1n) is 9.22. The van der Waals surface area contributed by atoms with Crippen molar-refractivity contribution in [1.29, 1.82) is 0 Å². The van der Waals surface area contributed by atoms with Crippen molar-refractivity contribution in [3.8, 4) is 11.4 Å². The number of hydrogen-bond acceptors (Lipinski definition) is 5. The number of likely N-dealkylation sites (tertiary alicyclic amines) is 1. The van der Waals surface area contributed by atoms with Gasteiger partial charge in [-0.05, 0) is 37.7 Å². The summed E-state index contributed by atoms with van der Waals surface area (Å²) in [4.78, 5) is 29.5. The maximum absolute atomic E-state index is 12.4. The van der Waals surface area contributed by atoms with E-state index in [2.05, 4.69) is 15.5 Å². The average molecular weight is 371 g/mol. The SMILES string of the molecule is Cc1ccccc1-c1noc(CNC(=O)N2CCC[C@H](CCC(N)=O)C2)n1. The van der Waals surface area contributed by atoms with Crippen LogP contribution in [0.5, 0.6) is 0 Å². The maximum Gasteiger partial charge on any atom is 0.317 e. The zero-order valence-corrected chi connectivity index (χ0v) is 15.5. The van der Waals surface area contributed by atoms with E-state index < -0.39 is 0 Å². The second-order valence-electron chi connectivity index (χ2n) is 6.94. The van der Waals surface area contributed by atoms with Crippen molar-refractivity contribution in [3.05, 3.63) is 35.7 Å². The van der Waals surface area contributed by atoms with E-state index in [9.17, 15) is 9.59 Å². The Balaban J connectivity index is 1.52. The minimum absolute atomic E-state index is 0.158. The van der Waals surface area contributed by atoms with Crippen LogP contribution in [0.25, 0.3) is 11.4 Å². The Morgan fingerprint density at radius 2 is 2.19 bits per heavy atom. The van der Waals surface area contributed by atoms with Crippen LogP contribution in [-0.4, -0.2) is 40.1 Å². The van der Waals surface area contributed by atoms with E-state index >= 15 is 0 Å². The molecule has 0 unspecified atom stereocenters. The van der Waals surface area contributed by atoms with Gasteiger partial charge in [-0.3, -0.25) is 4.79 Å². The Morgan fingerprint density at radius 1 is 1.37 bits per heavy atom. The van der Waals surface area contributed by atoms with E-state index in [-0.39, 0.29) is 18.5 Å². The summed E-state index contributed by atoms with van der Waals surface area (Å²) in [5.41, 5.74) is 7.18. The zero-order valence-electron chi connectivity index (χ0n) is 15.5. The first-order valence-corrected chi connectivity index (χ1v) is 9.22. The molecule has 2 aromatic rings. The maximum atomic E-state index is 12.4. The van der Waals surface area contributed by atoms with Crippen molar-refractivity contribution in [2.75, 3.05) is 13.1 Å². The highest BCUT2D eigenvalue weighted by Crippen LogP contribution is 2.21. The van der Waals surface area contributed by atoms with Gasteiger partial charge in [0.1, 0.15) is 0 Å². The molecule has 8 nitrogen and oxygen atoms in total. The molecule has 0 bridgehead atoms. The lowest BCUT2D eigenvalue weighted by molar-refractivity contribution is -0.118. The highest BCUT2D eigenvalue weighted by Gasteiger charge is 2.24. The number of carbonyl (C=O) groups is 2. The molecule has 3 amide bonds. The number of urea groups is 1. The standard InChI is InChI=1S/C19H25N5O3/c1-13-5-2-3-7-15(13)18-22-17(27-23-18)11-21-19(26)24-10-4-6-14(12-24)8-9-16(20)25/h2-3,5,7,14H,4,6,8-12H2,1H3,(H2,20,25)(H,21,26)/t14-/m1/s1. The first kappa shape index (κ1) is 18.9. The third-order valence-electron chi connectivity index (χ3n) is 4.85. The molecule has 0 saturated carbocycles. The molecule has 8 heteroatoms. The Labute approximate surface area is 158 Å². The summed E-state index contributed by atoms with van der Waals surface area (Å²) < 4.78 is 5.25. The number of aryl methyl sites for hydroxylation is 1. The summed E-state index contributed by atoms with van der Waals surface area (Å²) in [6.07, 6.45) is 3.03. The summed E-state index contributed by atoms with van der Waals surface area (Å²) in [6, 6.07) is 7.63. The Kier molecular flexibility index (Phi) is 6.05. The summed E-state index contributed by atoms with van der Waals surface area (Å²) in [6.45, 7) is 3.51. The van der Waals surface area contributed by atoms with Crippen LogP contribution in [0.15, 0.2) is 28.8 Å². The van der Waals surface area contributed by atoms with E-state index in [4.69, 9.17) is 10.3 Å². The number of hydrogen-bond donors (Lipinski definition) is 2. The largest absolute Gasteiger partial charge is 0.370 e. The monoisotopic (exact) mass is 371 g/mol. The third-order valence-corrected chi connectivity index (χ3v) is 4.85. The number of amides is 3. The highest BCUT2D eigenvalue weighted by molar-refractivity contribution is 5.74. The Morgan fingerprint density at radius 3 is 2.96 bits per heavy atom. The molecule has 1 aliphatic rings. The lowest BCUT2D eigenvalue weighted by Crippen LogP contribution is -2.45. The van der Waals surface area contributed by atoms with Gasteiger partial charge < -0.3 is 20.5 Å². The molecule has 27 heavy (non-hydrogen) atoms. The molecule has 2 heterocycles. The smallest absolute Gasteiger partial charge is 0.317 e. The fourth-order valence-corrected chi connectivity index (χ4v) is 3.35. The lowest BCUT2D eigenvalue weighted by Gasteiger charge is -2.32. The summed E-state index contributed by atoms with van der Waals surface area (Å²) in [5.74, 6) is 0.899. The molecule has 3 rings (SSSR count). The van der Waals surface area contributed by atoms with Gasteiger partial charge in [0.05, 0.1) is 6.54 Å². The van der Waals surface area contributed by atoms with Crippen LogP contribution in [0.3, 0.4) is 0 Å². The van der Waals surface area contributed by atoms with Crippen molar-refractivity contribution >= 4 is 11.9 Å². The van der Waals surface area contributed by atoms with Crippen molar-refractivity contribution in [2.24, 2.45) is 11.7 Å². The van der Waals surface area contributed by atoms with Crippen LogP contribution >= 0.6 is 0 Å². The fraction of sp³-hybridized carbons (Fsp3) is 0.474. The predicted molar refractivity (Wildman–Crippen MR) is 99.4 cm³/mol. The van der Waals surface area contributed by atoms with E-state index in [0.717, 1.165) is 30.4 Å². The molecule has 0 spiro atoms. The number of benzene rings is 1. The summed E-state index contributed by atoms with van der Waals surface area (Å²) in [5, 5.41) is 6.83. The number of nitrogens with one attached hydrogen (secondary N) is 1. The van der Waals surface area contributed by atoms with E-state index in [0.29, 0.717) is 37.1 Å². The molecular weight excluding hydrogens is 346 g/mol. The van der Waals surface area contributed by atoms with Crippen molar-refractivity contribution < 1.29 is 14.1 Å². The zero-order chi connectivity index (χ0) is 19.2. The van der Waals surface area contributed by atoms with Crippen LogP contribution in [-0.2, 0) is 11.3 Å². The molecule has 144 valence electrons. The number of aromatic nitrogens is 2. The minimum atomic E-state index is -0.294. The minimum Gasteiger partial charge on any atom is -0.370 e. The molecule has 1 aromatic heterocycles. The summed E-state index contributed by atoms with van der Waals surface area (Å²) >= 11 is 0. The normalized spacial score (nSPS) is 16.9. The number of piperidine rings is 1. The number of nitrogens with two attached hydrogens (primary N) is 1. The average Bonchev–Trinajstić information content (AvgIpc) is 3.14. The van der Waals surface area contributed by atoms with Gasteiger partial charge in [0.25, 0.3) is 0 Å². The summed E-state index contributed by atoms with van der Waals surface area (Å²) in [7, 11) is 0. The second kappa shape index (κ2) is 8.66. The number of carbonyl (C=O) groups excluding carboxylic acids is 2. The van der Waals surface area contributed by atoms with Crippen LogP contribution < -0.4 is 11.1 Å². The fourth-order valence-electron chi connectivity index (χ4n) is 3.35. The van der Waals surface area contributed by atoms with Crippen molar-refractivity contribution in [1.82, 2.24) is 20.4 Å². The van der Waals surface area contributed by atoms with Gasteiger partial charge in [-0.1, -0.05) is 29.4 Å². The third kappa shape index (κ3) is 5.06. The molecule has 1 atom stereocenters. The van der Waals surface area contributed by atoms with Crippen molar-refractivity contribution in [3.63, 3.8) is 0 Å². The number of primary amides is 1. The second-order valence-corrected chi connectivity index (χ2v) is 6.94.